The minimum Gasteiger partial charge on any atom is -0.467 e. The van der Waals surface area contributed by atoms with Gasteiger partial charge in [0, 0.05) is 0 Å². The molecule has 0 spiro atoms. The number of hydrogen-bond acceptors (Lipinski definition) is 5. The molecule has 0 aromatic heterocycles. The highest BCUT2D eigenvalue weighted by molar-refractivity contribution is 5.87. The van der Waals surface area contributed by atoms with E-state index in [2.05, 4.69) is 10.1 Å². The van der Waals surface area contributed by atoms with Crippen molar-refractivity contribution >= 4 is 11.9 Å². The van der Waals surface area contributed by atoms with E-state index in [1.807, 2.05) is 20.8 Å². The van der Waals surface area contributed by atoms with Crippen molar-refractivity contribution in [3.63, 3.8) is 0 Å². The normalized spacial score (nSPS) is 14.9. The summed E-state index contributed by atoms with van der Waals surface area (Å²) < 4.78 is 9.86. The summed E-state index contributed by atoms with van der Waals surface area (Å²) in [5, 5.41) is 2.45. The molecule has 0 rings (SSSR count). The van der Waals surface area contributed by atoms with Crippen molar-refractivity contribution in [1.82, 2.24) is 5.32 Å². The highest BCUT2D eigenvalue weighted by Gasteiger charge is 2.22. The van der Waals surface area contributed by atoms with E-state index >= 15 is 0 Å². The minimum atomic E-state index is -0.804. The van der Waals surface area contributed by atoms with Gasteiger partial charge in [0.2, 0.25) is 5.91 Å². The molecular formula is C11H22N2O4. The van der Waals surface area contributed by atoms with Crippen molar-refractivity contribution in [2.75, 3.05) is 13.7 Å². The van der Waals surface area contributed by atoms with Gasteiger partial charge in [-0.1, -0.05) is 0 Å². The van der Waals surface area contributed by atoms with Crippen molar-refractivity contribution in [3.05, 3.63) is 0 Å². The van der Waals surface area contributed by atoms with Crippen molar-refractivity contribution in [3.8, 4) is 0 Å². The maximum Gasteiger partial charge on any atom is 0.328 e. The molecule has 0 aliphatic carbocycles. The molecule has 0 saturated carbocycles. The first-order valence-corrected chi connectivity index (χ1v) is 5.45. The van der Waals surface area contributed by atoms with Gasteiger partial charge in [-0.25, -0.2) is 4.79 Å². The molecule has 17 heavy (non-hydrogen) atoms. The van der Waals surface area contributed by atoms with Gasteiger partial charge in [-0.2, -0.15) is 0 Å². The molecule has 6 nitrogen and oxygen atoms in total. The number of carbonyl (C=O) groups excluding carboxylic acids is 2. The van der Waals surface area contributed by atoms with Gasteiger partial charge >= 0.3 is 5.97 Å². The average Bonchev–Trinajstić information content (AvgIpc) is 2.23. The average molecular weight is 246 g/mol. The summed E-state index contributed by atoms with van der Waals surface area (Å²) >= 11 is 0. The van der Waals surface area contributed by atoms with E-state index in [1.54, 1.807) is 0 Å². The van der Waals surface area contributed by atoms with E-state index in [1.165, 1.54) is 14.0 Å². The Balaban J connectivity index is 4.10. The second-order valence-corrected chi connectivity index (χ2v) is 4.78. The number of hydrogen-bond donors (Lipinski definition) is 2. The number of ether oxygens (including phenoxy) is 2. The van der Waals surface area contributed by atoms with Crippen LogP contribution in [-0.2, 0) is 19.1 Å². The molecule has 0 radical (unpaired) electrons. The highest BCUT2D eigenvalue weighted by atomic mass is 16.5. The minimum absolute atomic E-state index is 0.100. The van der Waals surface area contributed by atoms with E-state index in [4.69, 9.17) is 10.5 Å². The molecular weight excluding hydrogens is 224 g/mol. The number of nitrogens with one attached hydrogen (secondary N) is 1. The zero-order valence-corrected chi connectivity index (χ0v) is 11.1. The molecule has 0 aliphatic rings. The van der Waals surface area contributed by atoms with Gasteiger partial charge in [0.1, 0.15) is 12.1 Å². The van der Waals surface area contributed by atoms with Crippen LogP contribution in [0.4, 0.5) is 0 Å². The van der Waals surface area contributed by atoms with E-state index in [9.17, 15) is 9.59 Å². The van der Waals surface area contributed by atoms with Gasteiger partial charge in [-0.3, -0.25) is 4.79 Å². The zero-order chi connectivity index (χ0) is 13.6. The Morgan fingerprint density at radius 2 is 1.88 bits per heavy atom. The van der Waals surface area contributed by atoms with Crippen LogP contribution in [-0.4, -0.2) is 43.3 Å². The van der Waals surface area contributed by atoms with E-state index in [-0.39, 0.29) is 12.2 Å². The monoisotopic (exact) mass is 246 g/mol. The molecule has 1 amide bonds. The van der Waals surface area contributed by atoms with Crippen LogP contribution in [0, 0.1) is 0 Å². The zero-order valence-electron chi connectivity index (χ0n) is 11.1. The molecule has 0 aromatic rings. The fourth-order valence-electron chi connectivity index (χ4n) is 0.972. The Morgan fingerprint density at radius 1 is 1.35 bits per heavy atom. The van der Waals surface area contributed by atoms with Crippen molar-refractivity contribution in [1.29, 1.82) is 0 Å². The van der Waals surface area contributed by atoms with Crippen LogP contribution in [0.15, 0.2) is 0 Å². The first-order chi connectivity index (χ1) is 7.67. The van der Waals surface area contributed by atoms with Crippen LogP contribution < -0.4 is 11.1 Å². The van der Waals surface area contributed by atoms with Crippen molar-refractivity contribution in [2.24, 2.45) is 5.73 Å². The van der Waals surface area contributed by atoms with Gasteiger partial charge in [0.15, 0.2) is 0 Å². The summed E-state index contributed by atoms with van der Waals surface area (Å²) in [5.41, 5.74) is 5.27. The van der Waals surface area contributed by atoms with Crippen molar-refractivity contribution < 1.29 is 19.1 Å². The standard InChI is InChI=1S/C11H22N2O4/c1-7(10(15)16-5)13-9(14)8(12)6-17-11(2,3)4/h7-8H,6,12H2,1-5H3,(H,13,14)/t7-,8+/m0/s1. The number of methoxy groups -OCH3 is 1. The summed E-state index contributed by atoms with van der Waals surface area (Å²) in [6, 6.07) is -1.52. The molecule has 0 saturated heterocycles. The third kappa shape index (κ3) is 6.91. The van der Waals surface area contributed by atoms with Crippen LogP contribution in [0.5, 0.6) is 0 Å². The van der Waals surface area contributed by atoms with Gasteiger partial charge in [0.25, 0.3) is 0 Å². The Hall–Kier alpha value is -1.14. The fraction of sp³-hybridized carbons (Fsp3) is 0.818. The molecule has 0 heterocycles. The summed E-state index contributed by atoms with van der Waals surface area (Å²) in [4.78, 5) is 22.6. The number of carbonyl (C=O) groups is 2. The quantitative estimate of drug-likeness (QED) is 0.656. The SMILES string of the molecule is COC(=O)[C@H](C)NC(=O)[C@H](N)COC(C)(C)C. The number of amides is 1. The Bertz CT molecular complexity index is 273. The maximum atomic E-state index is 11.6. The lowest BCUT2D eigenvalue weighted by atomic mass is 10.2. The Labute approximate surface area is 102 Å². The van der Waals surface area contributed by atoms with E-state index in [0.29, 0.717) is 0 Å². The number of esters is 1. The Kier molecular flexibility index (Phi) is 6.12. The summed E-state index contributed by atoms with van der Waals surface area (Å²) in [7, 11) is 1.26. The van der Waals surface area contributed by atoms with Crippen LogP contribution in [0.3, 0.4) is 0 Å². The van der Waals surface area contributed by atoms with Gasteiger partial charge in [-0.05, 0) is 27.7 Å². The summed E-state index contributed by atoms with van der Waals surface area (Å²) in [6.07, 6.45) is 0. The van der Waals surface area contributed by atoms with E-state index < -0.39 is 24.0 Å². The molecule has 0 aliphatic heterocycles. The summed E-state index contributed by atoms with van der Waals surface area (Å²) in [6.45, 7) is 7.24. The number of nitrogens with two attached hydrogens (primary N) is 1. The first kappa shape index (κ1) is 15.9. The van der Waals surface area contributed by atoms with Crippen LogP contribution in [0.2, 0.25) is 0 Å². The Morgan fingerprint density at radius 3 is 2.29 bits per heavy atom. The lowest BCUT2D eigenvalue weighted by molar-refractivity contribution is -0.145. The lowest BCUT2D eigenvalue weighted by Gasteiger charge is -2.22. The maximum absolute atomic E-state index is 11.6. The van der Waals surface area contributed by atoms with E-state index in [0.717, 1.165) is 0 Å². The molecule has 0 aromatic carbocycles. The third-order valence-corrected chi connectivity index (χ3v) is 1.95. The largest absolute Gasteiger partial charge is 0.467 e. The molecule has 6 heteroatoms. The number of rotatable bonds is 5. The highest BCUT2D eigenvalue weighted by Crippen LogP contribution is 2.06. The van der Waals surface area contributed by atoms with Crippen molar-refractivity contribution in [2.45, 2.75) is 45.4 Å². The van der Waals surface area contributed by atoms with Gasteiger partial charge in [0.05, 0.1) is 19.3 Å². The molecule has 0 bridgehead atoms. The lowest BCUT2D eigenvalue weighted by Crippen LogP contribution is -2.50. The first-order valence-electron chi connectivity index (χ1n) is 5.45. The second kappa shape index (κ2) is 6.56. The molecule has 0 unspecified atom stereocenters. The molecule has 100 valence electrons. The van der Waals surface area contributed by atoms with Crippen LogP contribution >= 0.6 is 0 Å². The predicted molar refractivity (Wildman–Crippen MR) is 63.3 cm³/mol. The second-order valence-electron chi connectivity index (χ2n) is 4.78. The third-order valence-electron chi connectivity index (χ3n) is 1.95. The summed E-state index contributed by atoms with van der Waals surface area (Å²) in [5.74, 6) is -0.950. The molecule has 3 N–H and O–H groups in total. The fourth-order valence-corrected chi connectivity index (χ4v) is 0.972. The molecule has 2 atom stereocenters. The van der Waals surface area contributed by atoms with Crippen LogP contribution in [0.1, 0.15) is 27.7 Å². The molecule has 0 fully saturated rings. The topological polar surface area (TPSA) is 90.7 Å². The van der Waals surface area contributed by atoms with Crippen LogP contribution in [0.25, 0.3) is 0 Å². The van der Waals surface area contributed by atoms with Gasteiger partial charge in [-0.15, -0.1) is 0 Å². The van der Waals surface area contributed by atoms with Gasteiger partial charge < -0.3 is 20.5 Å². The predicted octanol–water partition coefficient (Wildman–Crippen LogP) is -0.193. The smallest absolute Gasteiger partial charge is 0.328 e.